The molecule has 0 atom stereocenters. The Morgan fingerprint density at radius 1 is 1.36 bits per heavy atom. The molecule has 0 radical (unpaired) electrons. The van der Waals surface area contributed by atoms with Crippen LogP contribution in [0.2, 0.25) is 0 Å². The van der Waals surface area contributed by atoms with Crippen LogP contribution in [0.3, 0.4) is 0 Å². The topological polar surface area (TPSA) is 72.8 Å². The summed E-state index contributed by atoms with van der Waals surface area (Å²) in [6.45, 7) is 1.98. The summed E-state index contributed by atoms with van der Waals surface area (Å²) in [7, 11) is -4.91. The minimum atomic E-state index is -4.91. The summed E-state index contributed by atoms with van der Waals surface area (Å²) in [5.74, 6) is -2.53. The molecule has 0 bridgehead atoms. The SMILES string of the molecule is CCOP(=O)(OCC)C(F)(F)C(=O)O. The quantitative estimate of drug-likeness (QED) is 0.708. The molecule has 5 nitrogen and oxygen atoms in total. The summed E-state index contributed by atoms with van der Waals surface area (Å²) in [6, 6.07) is 0. The van der Waals surface area contributed by atoms with E-state index < -0.39 is 19.2 Å². The molecule has 1 N–H and O–H groups in total. The number of carboxylic acid groups (broad SMARTS) is 1. The molecule has 0 saturated heterocycles. The largest absolute Gasteiger partial charge is 0.476 e. The van der Waals surface area contributed by atoms with Gasteiger partial charge in [0.05, 0.1) is 13.2 Å². The number of carbonyl (C=O) groups is 1. The molecular formula is C6H11F2O5P. The van der Waals surface area contributed by atoms with Crippen LogP contribution in [0.15, 0.2) is 0 Å². The fraction of sp³-hybridized carbons (Fsp3) is 0.833. The fourth-order valence-electron chi connectivity index (χ4n) is 0.656. The Morgan fingerprint density at radius 3 is 1.93 bits per heavy atom. The zero-order valence-electron chi connectivity index (χ0n) is 7.70. The highest BCUT2D eigenvalue weighted by molar-refractivity contribution is 7.56. The van der Waals surface area contributed by atoms with E-state index >= 15 is 0 Å². The number of halogens is 2. The van der Waals surface area contributed by atoms with E-state index in [0.29, 0.717) is 0 Å². The lowest BCUT2D eigenvalue weighted by molar-refractivity contribution is -0.156. The second-order valence-electron chi connectivity index (χ2n) is 2.18. The molecule has 0 heterocycles. The Kier molecular flexibility index (Phi) is 4.64. The number of carboxylic acids is 1. The summed E-state index contributed by atoms with van der Waals surface area (Å²) in [5, 5.41) is 8.15. The van der Waals surface area contributed by atoms with Gasteiger partial charge in [0.25, 0.3) is 0 Å². The first-order chi connectivity index (χ1) is 6.31. The van der Waals surface area contributed by atoms with Crippen molar-refractivity contribution < 1.29 is 32.3 Å². The van der Waals surface area contributed by atoms with E-state index in [-0.39, 0.29) is 13.2 Å². The van der Waals surface area contributed by atoms with Crippen molar-refractivity contribution in [2.75, 3.05) is 13.2 Å². The van der Waals surface area contributed by atoms with E-state index in [1.807, 2.05) is 0 Å². The molecule has 0 unspecified atom stereocenters. The zero-order valence-corrected chi connectivity index (χ0v) is 8.59. The molecule has 14 heavy (non-hydrogen) atoms. The van der Waals surface area contributed by atoms with E-state index in [4.69, 9.17) is 5.11 Å². The standard InChI is InChI=1S/C6H11F2O5P/c1-3-12-14(11,13-4-2)6(7,8)5(9)10/h3-4H2,1-2H3,(H,9,10). The maximum Gasteiger partial charge on any atom is 0.440 e. The van der Waals surface area contributed by atoms with Gasteiger partial charge in [0.15, 0.2) is 0 Å². The van der Waals surface area contributed by atoms with Crippen molar-refractivity contribution in [1.29, 1.82) is 0 Å². The van der Waals surface area contributed by atoms with Crippen LogP contribution >= 0.6 is 7.60 Å². The molecule has 0 aliphatic carbocycles. The number of alkyl halides is 2. The predicted molar refractivity (Wildman–Crippen MR) is 43.4 cm³/mol. The van der Waals surface area contributed by atoms with E-state index in [2.05, 4.69) is 9.05 Å². The highest BCUT2D eigenvalue weighted by Gasteiger charge is 2.60. The summed E-state index contributed by atoms with van der Waals surface area (Å²) in [6.07, 6.45) is 0. The van der Waals surface area contributed by atoms with Crippen molar-refractivity contribution in [3.05, 3.63) is 0 Å². The van der Waals surface area contributed by atoms with Gasteiger partial charge in [0.2, 0.25) is 0 Å². The molecule has 8 heteroatoms. The van der Waals surface area contributed by atoms with Gasteiger partial charge in [-0.05, 0) is 13.8 Å². The lowest BCUT2D eigenvalue weighted by Crippen LogP contribution is -2.30. The van der Waals surface area contributed by atoms with Crippen molar-refractivity contribution in [2.24, 2.45) is 0 Å². The van der Waals surface area contributed by atoms with Gasteiger partial charge in [-0.25, -0.2) is 4.79 Å². The summed E-state index contributed by atoms with van der Waals surface area (Å²) < 4.78 is 45.4. The molecule has 0 aliphatic heterocycles. The van der Waals surface area contributed by atoms with Gasteiger partial charge in [0, 0.05) is 0 Å². The first kappa shape index (κ1) is 13.5. The first-order valence-electron chi connectivity index (χ1n) is 3.82. The van der Waals surface area contributed by atoms with Gasteiger partial charge in [-0.1, -0.05) is 0 Å². The molecular weight excluding hydrogens is 221 g/mol. The third-order valence-electron chi connectivity index (χ3n) is 1.20. The average Bonchev–Trinajstić information content (AvgIpc) is 2.04. The molecule has 84 valence electrons. The Bertz CT molecular complexity index is 245. The maximum absolute atomic E-state index is 12.9. The lowest BCUT2D eigenvalue weighted by Gasteiger charge is -2.21. The third-order valence-corrected chi connectivity index (χ3v) is 3.27. The Balaban J connectivity index is 4.99. The van der Waals surface area contributed by atoms with Crippen LogP contribution < -0.4 is 0 Å². The molecule has 0 rings (SSSR count). The highest BCUT2D eigenvalue weighted by Crippen LogP contribution is 2.61. The van der Waals surface area contributed by atoms with Crippen LogP contribution in [0, 0.1) is 0 Å². The Hall–Kier alpha value is -0.520. The molecule has 0 aromatic rings. The number of hydrogen-bond donors (Lipinski definition) is 1. The fourth-order valence-corrected chi connectivity index (χ4v) is 1.97. The van der Waals surface area contributed by atoms with Crippen molar-refractivity contribution in [3.8, 4) is 0 Å². The second kappa shape index (κ2) is 4.82. The summed E-state index contributed by atoms with van der Waals surface area (Å²) in [4.78, 5) is 10.1. The Labute approximate surface area is 79.5 Å². The van der Waals surface area contributed by atoms with Crippen molar-refractivity contribution in [1.82, 2.24) is 0 Å². The molecule has 0 amide bonds. The molecule has 0 aromatic carbocycles. The number of rotatable bonds is 6. The van der Waals surface area contributed by atoms with Gasteiger partial charge < -0.3 is 14.2 Å². The summed E-state index contributed by atoms with van der Waals surface area (Å²) in [5.41, 5.74) is -4.51. The number of aliphatic carboxylic acids is 1. The maximum atomic E-state index is 12.9. The van der Waals surface area contributed by atoms with Crippen LogP contribution in [0.25, 0.3) is 0 Å². The van der Waals surface area contributed by atoms with E-state index in [0.717, 1.165) is 0 Å². The average molecular weight is 232 g/mol. The van der Waals surface area contributed by atoms with Gasteiger partial charge in [0.1, 0.15) is 0 Å². The van der Waals surface area contributed by atoms with Crippen molar-refractivity contribution >= 4 is 13.6 Å². The second-order valence-corrected chi connectivity index (χ2v) is 4.25. The Morgan fingerprint density at radius 2 is 1.71 bits per heavy atom. The van der Waals surface area contributed by atoms with Gasteiger partial charge in [-0.3, -0.25) is 4.57 Å². The molecule has 0 fully saturated rings. The molecule has 0 spiro atoms. The van der Waals surface area contributed by atoms with Crippen molar-refractivity contribution in [2.45, 2.75) is 19.5 Å². The van der Waals surface area contributed by atoms with E-state index in [1.165, 1.54) is 13.8 Å². The van der Waals surface area contributed by atoms with Crippen molar-refractivity contribution in [3.63, 3.8) is 0 Å². The predicted octanol–water partition coefficient (Wildman–Crippen LogP) is 1.93. The van der Waals surface area contributed by atoms with E-state index in [9.17, 15) is 18.1 Å². The first-order valence-corrected chi connectivity index (χ1v) is 5.36. The zero-order chi connectivity index (χ0) is 11.4. The van der Waals surface area contributed by atoms with E-state index in [1.54, 1.807) is 0 Å². The minimum Gasteiger partial charge on any atom is -0.476 e. The van der Waals surface area contributed by atoms with Gasteiger partial charge >= 0.3 is 19.2 Å². The normalized spacial score (nSPS) is 12.9. The minimum absolute atomic E-state index is 0.319. The highest BCUT2D eigenvalue weighted by atomic mass is 31.2. The van der Waals surface area contributed by atoms with Crippen LogP contribution in [0.5, 0.6) is 0 Å². The monoisotopic (exact) mass is 232 g/mol. The lowest BCUT2D eigenvalue weighted by atomic mass is 10.7. The van der Waals surface area contributed by atoms with Crippen LogP contribution in [-0.2, 0) is 18.4 Å². The molecule has 0 aromatic heterocycles. The third kappa shape index (κ3) is 2.50. The van der Waals surface area contributed by atoms with Crippen LogP contribution in [-0.4, -0.2) is 30.0 Å². The number of hydrogen-bond acceptors (Lipinski definition) is 4. The van der Waals surface area contributed by atoms with Gasteiger partial charge in [-0.2, -0.15) is 8.78 Å². The van der Waals surface area contributed by atoms with Crippen LogP contribution in [0.4, 0.5) is 8.78 Å². The smallest absolute Gasteiger partial charge is 0.440 e. The molecule has 0 saturated carbocycles. The molecule has 0 aliphatic rings. The summed E-state index contributed by atoms with van der Waals surface area (Å²) >= 11 is 0. The van der Waals surface area contributed by atoms with Gasteiger partial charge in [-0.15, -0.1) is 0 Å². The van der Waals surface area contributed by atoms with Crippen LogP contribution in [0.1, 0.15) is 13.8 Å².